The zero-order chi connectivity index (χ0) is 9.56. The molecule has 0 aliphatic carbocycles. The fourth-order valence-electron chi connectivity index (χ4n) is 0.497. The van der Waals surface area contributed by atoms with E-state index in [-0.39, 0.29) is 12.5 Å². The lowest BCUT2D eigenvalue weighted by Crippen LogP contribution is -2.17. The molecule has 0 amide bonds. The molecule has 0 bridgehead atoms. The summed E-state index contributed by atoms with van der Waals surface area (Å²) in [5.74, 6) is 0.349. The number of aliphatic hydroxyl groups is 1. The molecule has 0 spiro atoms. The molecule has 0 radical (unpaired) electrons. The molecule has 0 aromatic carbocycles. The number of hydrogen-bond acceptors (Lipinski definition) is 3. The second-order valence-corrected chi connectivity index (χ2v) is 4.23. The van der Waals surface area contributed by atoms with Crippen LogP contribution in [0.4, 0.5) is 0 Å². The molecule has 2 atom stereocenters. The standard InChI is InChI=1S/C7H13ClO3S/c1-5(2-9)3-12-4-6(8)7(10)11/h5-6,9H,2-4H2,1H3,(H,10,11). The maximum atomic E-state index is 10.2. The average Bonchev–Trinajstić information content (AvgIpc) is 2.03. The highest BCUT2D eigenvalue weighted by molar-refractivity contribution is 7.99. The Morgan fingerprint density at radius 1 is 1.58 bits per heavy atom. The lowest BCUT2D eigenvalue weighted by molar-refractivity contribution is -0.136. The maximum absolute atomic E-state index is 10.2. The molecular weight excluding hydrogens is 200 g/mol. The van der Waals surface area contributed by atoms with Crippen molar-refractivity contribution in [1.29, 1.82) is 0 Å². The largest absolute Gasteiger partial charge is 0.480 e. The number of carboxylic acid groups (broad SMARTS) is 1. The van der Waals surface area contributed by atoms with Crippen LogP contribution >= 0.6 is 23.4 Å². The highest BCUT2D eigenvalue weighted by atomic mass is 35.5. The highest BCUT2D eigenvalue weighted by Gasteiger charge is 2.13. The lowest BCUT2D eigenvalue weighted by Gasteiger charge is -2.07. The number of carboxylic acids is 1. The molecule has 0 aliphatic rings. The molecule has 0 aromatic rings. The Balaban J connectivity index is 3.37. The molecule has 0 fully saturated rings. The maximum Gasteiger partial charge on any atom is 0.322 e. The minimum absolute atomic E-state index is 0.132. The Morgan fingerprint density at radius 3 is 2.58 bits per heavy atom. The predicted octanol–water partition coefficient (Wildman–Crippen LogP) is 1.04. The van der Waals surface area contributed by atoms with Gasteiger partial charge in [-0.3, -0.25) is 4.79 Å². The van der Waals surface area contributed by atoms with Crippen molar-refractivity contribution < 1.29 is 15.0 Å². The first-order chi connectivity index (χ1) is 5.57. The minimum Gasteiger partial charge on any atom is -0.480 e. The summed E-state index contributed by atoms with van der Waals surface area (Å²) in [5.41, 5.74) is 0. The Morgan fingerprint density at radius 2 is 2.17 bits per heavy atom. The van der Waals surface area contributed by atoms with Crippen LogP contribution in [0.3, 0.4) is 0 Å². The second-order valence-electron chi connectivity index (χ2n) is 2.63. The minimum atomic E-state index is -0.985. The molecule has 0 saturated carbocycles. The van der Waals surface area contributed by atoms with Gasteiger partial charge in [0.2, 0.25) is 0 Å². The molecular formula is C7H13ClO3S. The summed E-state index contributed by atoms with van der Waals surface area (Å²) >= 11 is 6.91. The van der Waals surface area contributed by atoms with Crippen molar-refractivity contribution in [3.8, 4) is 0 Å². The molecule has 0 aromatic heterocycles. The summed E-state index contributed by atoms with van der Waals surface area (Å²) in [6, 6.07) is 0. The van der Waals surface area contributed by atoms with E-state index in [1.54, 1.807) is 0 Å². The van der Waals surface area contributed by atoms with Crippen LogP contribution in [0.2, 0.25) is 0 Å². The van der Waals surface area contributed by atoms with E-state index in [0.29, 0.717) is 5.75 Å². The third-order valence-corrected chi connectivity index (χ3v) is 3.14. The van der Waals surface area contributed by atoms with Gasteiger partial charge < -0.3 is 10.2 Å². The van der Waals surface area contributed by atoms with Crippen molar-refractivity contribution in [3.63, 3.8) is 0 Å². The van der Waals surface area contributed by atoms with Crippen molar-refractivity contribution in [3.05, 3.63) is 0 Å². The van der Waals surface area contributed by atoms with E-state index in [9.17, 15) is 4.79 Å². The first-order valence-electron chi connectivity index (χ1n) is 3.63. The van der Waals surface area contributed by atoms with Crippen LogP contribution in [0.5, 0.6) is 0 Å². The Hall–Kier alpha value is 0.0700. The van der Waals surface area contributed by atoms with E-state index in [2.05, 4.69) is 0 Å². The van der Waals surface area contributed by atoms with E-state index in [1.165, 1.54) is 11.8 Å². The molecule has 12 heavy (non-hydrogen) atoms. The smallest absolute Gasteiger partial charge is 0.322 e. The highest BCUT2D eigenvalue weighted by Crippen LogP contribution is 2.12. The fourth-order valence-corrected chi connectivity index (χ4v) is 1.76. The molecule has 2 N–H and O–H groups in total. The molecule has 0 saturated heterocycles. The topological polar surface area (TPSA) is 57.5 Å². The quantitative estimate of drug-likeness (QED) is 0.646. The van der Waals surface area contributed by atoms with Crippen LogP contribution in [0.1, 0.15) is 6.92 Å². The molecule has 5 heteroatoms. The normalized spacial score (nSPS) is 15.6. The molecule has 2 unspecified atom stereocenters. The number of thioether (sulfide) groups is 1. The summed E-state index contributed by atoms with van der Waals surface area (Å²) in [7, 11) is 0. The molecule has 72 valence electrons. The van der Waals surface area contributed by atoms with Crippen molar-refractivity contribution in [2.24, 2.45) is 5.92 Å². The number of aliphatic carboxylic acids is 1. The van der Waals surface area contributed by atoms with Crippen LogP contribution in [-0.4, -0.2) is 39.7 Å². The molecule has 3 nitrogen and oxygen atoms in total. The monoisotopic (exact) mass is 212 g/mol. The van der Waals surface area contributed by atoms with Crippen LogP contribution in [-0.2, 0) is 4.79 Å². The summed E-state index contributed by atoms with van der Waals surface area (Å²) in [6.07, 6.45) is 0. The third kappa shape index (κ3) is 5.69. The Labute approximate surface area is 81.1 Å². The van der Waals surface area contributed by atoms with Gasteiger partial charge in [0.15, 0.2) is 0 Å². The number of rotatable bonds is 6. The van der Waals surface area contributed by atoms with Gasteiger partial charge in [-0.2, -0.15) is 11.8 Å². The second kappa shape index (κ2) is 6.57. The van der Waals surface area contributed by atoms with E-state index >= 15 is 0 Å². The van der Waals surface area contributed by atoms with Crippen molar-refractivity contribution in [2.75, 3.05) is 18.1 Å². The van der Waals surface area contributed by atoms with Gasteiger partial charge in [0.05, 0.1) is 0 Å². The predicted molar refractivity (Wildman–Crippen MR) is 50.9 cm³/mol. The molecule has 0 rings (SSSR count). The SMILES string of the molecule is CC(CO)CSCC(Cl)C(=O)O. The third-order valence-electron chi connectivity index (χ3n) is 1.25. The van der Waals surface area contributed by atoms with E-state index in [4.69, 9.17) is 21.8 Å². The zero-order valence-corrected chi connectivity index (χ0v) is 8.44. The number of alkyl halides is 1. The Bertz CT molecular complexity index is 143. The summed E-state index contributed by atoms with van der Waals surface area (Å²) < 4.78 is 0. The van der Waals surface area contributed by atoms with Gasteiger partial charge in [-0.25, -0.2) is 0 Å². The number of aliphatic hydroxyl groups excluding tert-OH is 1. The Kier molecular flexibility index (Phi) is 6.61. The average molecular weight is 213 g/mol. The summed E-state index contributed by atoms with van der Waals surface area (Å²) in [4.78, 5) is 10.2. The number of hydrogen-bond donors (Lipinski definition) is 2. The van der Waals surface area contributed by atoms with Crippen molar-refractivity contribution >= 4 is 29.3 Å². The number of carbonyl (C=O) groups is 1. The van der Waals surface area contributed by atoms with Gasteiger partial charge >= 0.3 is 5.97 Å². The lowest BCUT2D eigenvalue weighted by atomic mass is 10.2. The zero-order valence-electron chi connectivity index (χ0n) is 6.86. The molecule has 0 heterocycles. The van der Waals surface area contributed by atoms with Gasteiger partial charge in [-0.1, -0.05) is 6.92 Å². The van der Waals surface area contributed by atoms with Crippen LogP contribution in [0, 0.1) is 5.92 Å². The van der Waals surface area contributed by atoms with E-state index in [0.717, 1.165) is 5.75 Å². The van der Waals surface area contributed by atoms with Crippen LogP contribution in [0.25, 0.3) is 0 Å². The number of halogens is 1. The van der Waals surface area contributed by atoms with Gasteiger partial charge in [0.25, 0.3) is 0 Å². The summed E-state index contributed by atoms with van der Waals surface area (Å²) in [6.45, 7) is 2.03. The van der Waals surface area contributed by atoms with Crippen molar-refractivity contribution in [2.45, 2.75) is 12.3 Å². The van der Waals surface area contributed by atoms with E-state index in [1.807, 2.05) is 6.92 Å². The van der Waals surface area contributed by atoms with E-state index < -0.39 is 11.3 Å². The summed E-state index contributed by atoms with van der Waals surface area (Å²) in [5, 5.41) is 16.2. The van der Waals surface area contributed by atoms with Gasteiger partial charge in [-0.15, -0.1) is 11.6 Å². The van der Waals surface area contributed by atoms with Gasteiger partial charge in [0.1, 0.15) is 5.38 Å². The first-order valence-corrected chi connectivity index (χ1v) is 5.22. The fraction of sp³-hybridized carbons (Fsp3) is 0.857. The van der Waals surface area contributed by atoms with Crippen LogP contribution < -0.4 is 0 Å². The van der Waals surface area contributed by atoms with Crippen molar-refractivity contribution in [1.82, 2.24) is 0 Å². The van der Waals surface area contributed by atoms with Crippen LogP contribution in [0.15, 0.2) is 0 Å². The van der Waals surface area contributed by atoms with Gasteiger partial charge in [-0.05, 0) is 11.7 Å². The van der Waals surface area contributed by atoms with Gasteiger partial charge in [0, 0.05) is 12.4 Å². The molecule has 0 aliphatic heterocycles. The first kappa shape index (κ1) is 12.1.